The average Bonchev–Trinajstić information content (AvgIpc) is 3.14. The van der Waals surface area contributed by atoms with Gasteiger partial charge in [0, 0.05) is 18.2 Å². The molecule has 4 rings (SSSR count). The highest BCUT2D eigenvalue weighted by Gasteiger charge is 2.47. The molecule has 0 aliphatic carbocycles. The zero-order valence-corrected chi connectivity index (χ0v) is 21.3. The Morgan fingerprint density at radius 2 is 1.68 bits per heavy atom. The Hall–Kier alpha value is -4.39. The molecule has 1 N–H and O–H groups in total. The Bertz CT molecular complexity index is 1390. The molecule has 37 heavy (non-hydrogen) atoms. The van der Waals surface area contributed by atoms with Crippen molar-refractivity contribution in [1.82, 2.24) is 0 Å². The van der Waals surface area contributed by atoms with Crippen molar-refractivity contribution >= 4 is 29.1 Å². The van der Waals surface area contributed by atoms with Crippen LogP contribution in [0.4, 0.5) is 5.69 Å². The van der Waals surface area contributed by atoms with E-state index in [1.54, 1.807) is 54.6 Å². The molecular formula is C30H29NO6. The highest BCUT2D eigenvalue weighted by Crippen LogP contribution is 2.43. The van der Waals surface area contributed by atoms with E-state index in [1.165, 1.54) is 11.8 Å². The number of hydrogen-bond acceptors (Lipinski definition) is 6. The first-order valence-corrected chi connectivity index (χ1v) is 12.1. The van der Waals surface area contributed by atoms with Gasteiger partial charge in [0.25, 0.3) is 11.7 Å². The molecule has 1 aliphatic rings. The predicted molar refractivity (Wildman–Crippen MR) is 141 cm³/mol. The first-order chi connectivity index (χ1) is 17.7. The van der Waals surface area contributed by atoms with Crippen LogP contribution in [0.5, 0.6) is 11.5 Å². The summed E-state index contributed by atoms with van der Waals surface area (Å²) in [6, 6.07) is 18.0. The number of nitrogens with zero attached hydrogens (tertiary/aromatic N) is 1. The molecule has 7 nitrogen and oxygen atoms in total. The van der Waals surface area contributed by atoms with Gasteiger partial charge in [-0.3, -0.25) is 19.3 Å². The van der Waals surface area contributed by atoms with Gasteiger partial charge in [0.1, 0.15) is 17.3 Å². The molecule has 0 aromatic heterocycles. The molecule has 0 saturated carbocycles. The number of ketones is 1. The van der Waals surface area contributed by atoms with Crippen LogP contribution in [0.2, 0.25) is 0 Å². The molecule has 1 heterocycles. The van der Waals surface area contributed by atoms with Gasteiger partial charge in [0.2, 0.25) is 0 Å². The Morgan fingerprint density at radius 1 is 0.946 bits per heavy atom. The Kier molecular flexibility index (Phi) is 7.43. The molecule has 0 bridgehead atoms. The second-order valence-corrected chi connectivity index (χ2v) is 8.98. The van der Waals surface area contributed by atoms with Crippen molar-refractivity contribution in [2.75, 3.05) is 11.5 Å². The van der Waals surface area contributed by atoms with Crippen LogP contribution in [0.1, 0.15) is 48.6 Å². The minimum Gasteiger partial charge on any atom is -0.507 e. The number of amides is 1. The van der Waals surface area contributed by atoms with E-state index in [2.05, 4.69) is 0 Å². The quantitative estimate of drug-likeness (QED) is 0.149. The summed E-state index contributed by atoms with van der Waals surface area (Å²) in [7, 11) is 0. The number of anilines is 1. The Labute approximate surface area is 215 Å². The largest absolute Gasteiger partial charge is 0.507 e. The molecule has 1 fully saturated rings. The van der Waals surface area contributed by atoms with Crippen LogP contribution in [0.3, 0.4) is 0 Å². The number of hydrogen-bond donors (Lipinski definition) is 1. The van der Waals surface area contributed by atoms with E-state index in [1.807, 2.05) is 32.9 Å². The van der Waals surface area contributed by atoms with E-state index < -0.39 is 23.7 Å². The van der Waals surface area contributed by atoms with Gasteiger partial charge >= 0.3 is 5.97 Å². The summed E-state index contributed by atoms with van der Waals surface area (Å²) in [6.07, 6.45) is 0.820. The molecular weight excluding hydrogens is 470 g/mol. The predicted octanol–water partition coefficient (Wildman–Crippen LogP) is 5.64. The summed E-state index contributed by atoms with van der Waals surface area (Å²) in [6.45, 7) is 7.70. The lowest BCUT2D eigenvalue weighted by molar-refractivity contribution is -0.132. The zero-order chi connectivity index (χ0) is 26.7. The van der Waals surface area contributed by atoms with Crippen LogP contribution < -0.4 is 14.4 Å². The van der Waals surface area contributed by atoms with Crippen molar-refractivity contribution in [2.45, 2.75) is 40.2 Å². The van der Waals surface area contributed by atoms with E-state index >= 15 is 0 Å². The monoisotopic (exact) mass is 499 g/mol. The third kappa shape index (κ3) is 5.26. The maximum Gasteiger partial charge on any atom is 0.308 e. The lowest BCUT2D eigenvalue weighted by Gasteiger charge is -2.26. The molecule has 1 saturated heterocycles. The standard InChI is InChI=1S/C30H29NO6/c1-5-15-36-25-8-6-7-22(17-25)28(33)26-27(21-10-13-24(14-11-21)37-20(4)32)31(30(35)29(26)34)23-12-9-18(2)19(3)16-23/h6-14,16-17,27,33H,5,15H2,1-4H3/b28-26+. The molecule has 3 aromatic rings. The van der Waals surface area contributed by atoms with E-state index in [-0.39, 0.29) is 11.3 Å². The van der Waals surface area contributed by atoms with E-state index in [4.69, 9.17) is 9.47 Å². The summed E-state index contributed by atoms with van der Waals surface area (Å²) >= 11 is 0. The number of Topliss-reactive ketones (excluding diaryl/α,β-unsaturated/α-hetero) is 1. The molecule has 1 unspecified atom stereocenters. The fourth-order valence-electron chi connectivity index (χ4n) is 4.28. The SMILES string of the molecule is CCCOc1cccc(/C(O)=C2\C(=O)C(=O)N(c3ccc(C)c(C)c3)C2c2ccc(OC(C)=O)cc2)c1. The third-order valence-corrected chi connectivity index (χ3v) is 6.25. The van der Waals surface area contributed by atoms with Crippen LogP contribution >= 0.6 is 0 Å². The average molecular weight is 500 g/mol. The van der Waals surface area contributed by atoms with Crippen LogP contribution in [0, 0.1) is 13.8 Å². The number of aliphatic hydroxyl groups excluding tert-OH is 1. The third-order valence-electron chi connectivity index (χ3n) is 6.25. The van der Waals surface area contributed by atoms with E-state index in [9.17, 15) is 19.5 Å². The van der Waals surface area contributed by atoms with Crippen molar-refractivity contribution < 1.29 is 29.0 Å². The van der Waals surface area contributed by atoms with Gasteiger partial charge in [-0.25, -0.2) is 0 Å². The minimum absolute atomic E-state index is 0.0314. The van der Waals surface area contributed by atoms with Crippen LogP contribution in [-0.2, 0) is 14.4 Å². The normalized spacial score (nSPS) is 16.6. The maximum absolute atomic E-state index is 13.4. The van der Waals surface area contributed by atoms with Crippen molar-refractivity contribution in [2.24, 2.45) is 0 Å². The van der Waals surface area contributed by atoms with Gasteiger partial charge < -0.3 is 14.6 Å². The topological polar surface area (TPSA) is 93.1 Å². The molecule has 3 aromatic carbocycles. The summed E-state index contributed by atoms with van der Waals surface area (Å²) in [5.41, 5.74) is 3.46. The molecule has 1 aliphatic heterocycles. The number of aliphatic hydroxyl groups is 1. The minimum atomic E-state index is -0.895. The van der Waals surface area contributed by atoms with Gasteiger partial charge in [-0.15, -0.1) is 0 Å². The lowest BCUT2D eigenvalue weighted by Crippen LogP contribution is -2.29. The van der Waals surface area contributed by atoms with Crippen LogP contribution in [-0.4, -0.2) is 29.4 Å². The Balaban J connectivity index is 1.88. The van der Waals surface area contributed by atoms with Gasteiger partial charge in [-0.1, -0.05) is 37.3 Å². The van der Waals surface area contributed by atoms with Crippen LogP contribution in [0.15, 0.2) is 72.3 Å². The highest BCUT2D eigenvalue weighted by atomic mass is 16.5. The maximum atomic E-state index is 13.4. The summed E-state index contributed by atoms with van der Waals surface area (Å²) in [4.78, 5) is 39.5. The number of benzene rings is 3. The molecule has 0 spiro atoms. The number of aryl methyl sites for hydroxylation is 2. The molecule has 1 amide bonds. The number of ether oxygens (including phenoxy) is 2. The molecule has 190 valence electrons. The molecule has 7 heteroatoms. The van der Waals surface area contributed by atoms with Crippen molar-refractivity contribution in [1.29, 1.82) is 0 Å². The fourth-order valence-corrected chi connectivity index (χ4v) is 4.28. The van der Waals surface area contributed by atoms with E-state index in [0.717, 1.165) is 17.5 Å². The number of carbonyl (C=O) groups is 3. The Morgan fingerprint density at radius 3 is 2.32 bits per heavy atom. The second kappa shape index (κ2) is 10.7. The van der Waals surface area contributed by atoms with Gasteiger partial charge in [0.15, 0.2) is 0 Å². The highest BCUT2D eigenvalue weighted by molar-refractivity contribution is 6.51. The number of carbonyl (C=O) groups excluding carboxylic acids is 3. The van der Waals surface area contributed by atoms with Gasteiger partial charge in [-0.2, -0.15) is 0 Å². The zero-order valence-electron chi connectivity index (χ0n) is 21.3. The fraction of sp³-hybridized carbons (Fsp3) is 0.233. The van der Waals surface area contributed by atoms with Crippen molar-refractivity contribution in [3.63, 3.8) is 0 Å². The van der Waals surface area contributed by atoms with Crippen molar-refractivity contribution in [3.05, 3.63) is 94.6 Å². The first kappa shape index (κ1) is 25.7. The first-order valence-electron chi connectivity index (χ1n) is 12.1. The van der Waals surface area contributed by atoms with Gasteiger partial charge in [0.05, 0.1) is 18.2 Å². The lowest BCUT2D eigenvalue weighted by atomic mass is 9.95. The van der Waals surface area contributed by atoms with Crippen LogP contribution in [0.25, 0.3) is 5.76 Å². The summed E-state index contributed by atoms with van der Waals surface area (Å²) in [5.74, 6) is -1.39. The molecule has 0 radical (unpaired) electrons. The number of rotatable bonds is 7. The summed E-state index contributed by atoms with van der Waals surface area (Å²) in [5, 5.41) is 11.4. The summed E-state index contributed by atoms with van der Waals surface area (Å²) < 4.78 is 10.8. The van der Waals surface area contributed by atoms with Crippen molar-refractivity contribution in [3.8, 4) is 11.5 Å². The molecule has 1 atom stereocenters. The van der Waals surface area contributed by atoms with Gasteiger partial charge in [-0.05, 0) is 73.4 Å². The smallest absolute Gasteiger partial charge is 0.308 e. The van der Waals surface area contributed by atoms with E-state index in [0.29, 0.717) is 34.9 Å². The second-order valence-electron chi connectivity index (χ2n) is 8.98. The number of esters is 1.